The zero-order chi connectivity index (χ0) is 12.5. The lowest BCUT2D eigenvalue weighted by Gasteiger charge is -2.22. The lowest BCUT2D eigenvalue weighted by Crippen LogP contribution is -2.31. The normalized spacial score (nSPS) is 12.0. The molecule has 0 atom stereocenters. The Morgan fingerprint density at radius 1 is 1.41 bits per heavy atom. The predicted octanol–water partition coefficient (Wildman–Crippen LogP) is 2.40. The zero-order valence-corrected chi connectivity index (χ0v) is 11.3. The van der Waals surface area contributed by atoms with Gasteiger partial charge in [0.25, 0.3) is 0 Å². The molecule has 0 aliphatic rings. The first-order valence-electron chi connectivity index (χ1n) is 5.66. The highest BCUT2D eigenvalue weighted by molar-refractivity contribution is 7.18. The first-order chi connectivity index (χ1) is 8.03. The first-order valence-corrected chi connectivity index (χ1v) is 6.54. The smallest absolute Gasteiger partial charge is 0.147 e. The molecule has 4 nitrogen and oxygen atoms in total. The summed E-state index contributed by atoms with van der Waals surface area (Å²) in [5.41, 5.74) is 8.03. The molecule has 0 fully saturated rings. The number of anilines is 1. The molecule has 0 amide bonds. The Hall–Kier alpha value is -1.20. The summed E-state index contributed by atoms with van der Waals surface area (Å²) in [4.78, 5) is 8.61. The van der Waals surface area contributed by atoms with Gasteiger partial charge in [0.2, 0.25) is 0 Å². The fraction of sp³-hybridized carbons (Fsp3) is 0.500. The number of aryl methyl sites for hydroxylation is 1. The fourth-order valence-corrected chi connectivity index (χ4v) is 2.46. The zero-order valence-electron chi connectivity index (χ0n) is 10.4. The van der Waals surface area contributed by atoms with E-state index in [9.17, 15) is 0 Å². The number of aromatic nitrogens is 2. The SMILES string of the molecule is Cc1csc2c(NCC(C)(C)CN)ncnc12. The third-order valence-corrected chi connectivity index (χ3v) is 3.91. The molecule has 2 aromatic rings. The van der Waals surface area contributed by atoms with E-state index < -0.39 is 0 Å². The number of hydrogen-bond donors (Lipinski definition) is 2. The maximum Gasteiger partial charge on any atom is 0.147 e. The van der Waals surface area contributed by atoms with Crippen molar-refractivity contribution < 1.29 is 0 Å². The van der Waals surface area contributed by atoms with E-state index in [-0.39, 0.29) is 5.41 Å². The van der Waals surface area contributed by atoms with Gasteiger partial charge in [0.05, 0.1) is 10.2 Å². The fourth-order valence-electron chi connectivity index (χ4n) is 1.49. The highest BCUT2D eigenvalue weighted by Crippen LogP contribution is 2.29. The van der Waals surface area contributed by atoms with E-state index in [0.29, 0.717) is 6.54 Å². The summed E-state index contributed by atoms with van der Waals surface area (Å²) in [6.07, 6.45) is 1.61. The van der Waals surface area contributed by atoms with Crippen LogP contribution in [0.25, 0.3) is 10.2 Å². The van der Waals surface area contributed by atoms with Crippen LogP contribution in [0, 0.1) is 12.3 Å². The third kappa shape index (κ3) is 2.56. The Balaban J connectivity index is 2.25. The number of hydrogen-bond acceptors (Lipinski definition) is 5. The van der Waals surface area contributed by atoms with E-state index in [1.165, 1.54) is 5.56 Å². The lowest BCUT2D eigenvalue weighted by molar-refractivity contribution is 0.405. The average Bonchev–Trinajstić information content (AvgIpc) is 2.70. The minimum Gasteiger partial charge on any atom is -0.368 e. The Labute approximate surface area is 105 Å². The van der Waals surface area contributed by atoms with Gasteiger partial charge in [-0.2, -0.15) is 0 Å². The van der Waals surface area contributed by atoms with Gasteiger partial charge in [-0.05, 0) is 29.8 Å². The van der Waals surface area contributed by atoms with Gasteiger partial charge in [-0.15, -0.1) is 11.3 Å². The Bertz CT molecular complexity index is 518. The molecule has 0 aliphatic heterocycles. The van der Waals surface area contributed by atoms with Crippen molar-refractivity contribution in [3.63, 3.8) is 0 Å². The summed E-state index contributed by atoms with van der Waals surface area (Å²) >= 11 is 1.68. The highest BCUT2D eigenvalue weighted by atomic mass is 32.1. The standard InChI is InChI=1S/C12H18N4S/c1-8-4-17-10-9(8)15-7-16-11(10)14-6-12(2,3)5-13/h4,7H,5-6,13H2,1-3H3,(H,14,15,16). The van der Waals surface area contributed by atoms with Crippen LogP contribution in [0.1, 0.15) is 19.4 Å². The van der Waals surface area contributed by atoms with Crippen LogP contribution in [0.4, 0.5) is 5.82 Å². The van der Waals surface area contributed by atoms with Gasteiger partial charge in [-0.3, -0.25) is 0 Å². The van der Waals surface area contributed by atoms with Gasteiger partial charge in [0.1, 0.15) is 12.1 Å². The van der Waals surface area contributed by atoms with Crippen LogP contribution < -0.4 is 11.1 Å². The molecule has 0 saturated carbocycles. The summed E-state index contributed by atoms with van der Waals surface area (Å²) < 4.78 is 1.12. The second-order valence-corrected chi connectivity index (χ2v) is 5.92. The van der Waals surface area contributed by atoms with E-state index in [1.54, 1.807) is 17.7 Å². The number of thiophene rings is 1. The molecule has 0 saturated heterocycles. The highest BCUT2D eigenvalue weighted by Gasteiger charge is 2.16. The van der Waals surface area contributed by atoms with Crippen molar-refractivity contribution in [2.75, 3.05) is 18.4 Å². The minimum atomic E-state index is 0.0730. The van der Waals surface area contributed by atoms with Crippen molar-refractivity contribution in [3.8, 4) is 0 Å². The topological polar surface area (TPSA) is 63.8 Å². The van der Waals surface area contributed by atoms with Gasteiger partial charge in [-0.1, -0.05) is 13.8 Å². The molecule has 2 rings (SSSR count). The third-order valence-electron chi connectivity index (χ3n) is 2.82. The molecule has 2 heterocycles. The Morgan fingerprint density at radius 3 is 2.88 bits per heavy atom. The van der Waals surface area contributed by atoms with E-state index >= 15 is 0 Å². The minimum absolute atomic E-state index is 0.0730. The van der Waals surface area contributed by atoms with Crippen LogP contribution in [0.15, 0.2) is 11.7 Å². The molecule has 0 aliphatic carbocycles. The summed E-state index contributed by atoms with van der Waals surface area (Å²) in [7, 11) is 0. The van der Waals surface area contributed by atoms with Gasteiger partial charge in [0, 0.05) is 6.54 Å². The van der Waals surface area contributed by atoms with Crippen LogP contribution in [-0.2, 0) is 0 Å². The largest absolute Gasteiger partial charge is 0.368 e. The Kier molecular flexibility index (Phi) is 3.31. The van der Waals surface area contributed by atoms with Crippen molar-refractivity contribution >= 4 is 27.4 Å². The predicted molar refractivity (Wildman–Crippen MR) is 73.5 cm³/mol. The van der Waals surface area contributed by atoms with Crippen molar-refractivity contribution in [3.05, 3.63) is 17.3 Å². The maximum atomic E-state index is 5.72. The molecule has 17 heavy (non-hydrogen) atoms. The average molecular weight is 250 g/mol. The van der Waals surface area contributed by atoms with Gasteiger partial charge < -0.3 is 11.1 Å². The summed E-state index contributed by atoms with van der Waals surface area (Å²) in [6.45, 7) is 7.81. The lowest BCUT2D eigenvalue weighted by atomic mass is 9.94. The molecular weight excluding hydrogens is 232 g/mol. The van der Waals surface area contributed by atoms with Crippen LogP contribution in [-0.4, -0.2) is 23.1 Å². The molecule has 0 unspecified atom stereocenters. The quantitative estimate of drug-likeness (QED) is 0.874. The van der Waals surface area contributed by atoms with E-state index in [2.05, 4.69) is 41.4 Å². The molecule has 0 spiro atoms. The van der Waals surface area contributed by atoms with Crippen molar-refractivity contribution in [2.24, 2.45) is 11.1 Å². The summed E-state index contributed by atoms with van der Waals surface area (Å²) in [5.74, 6) is 0.912. The second-order valence-electron chi connectivity index (χ2n) is 5.04. The molecule has 0 aromatic carbocycles. The number of nitrogens with zero attached hydrogens (tertiary/aromatic N) is 2. The number of fused-ring (bicyclic) bond motifs is 1. The van der Waals surface area contributed by atoms with Crippen LogP contribution in [0.3, 0.4) is 0 Å². The molecule has 2 aromatic heterocycles. The molecule has 3 N–H and O–H groups in total. The van der Waals surface area contributed by atoms with E-state index in [4.69, 9.17) is 5.73 Å². The van der Waals surface area contributed by atoms with E-state index in [0.717, 1.165) is 22.6 Å². The second kappa shape index (κ2) is 4.58. The van der Waals surface area contributed by atoms with Crippen LogP contribution in [0.5, 0.6) is 0 Å². The first kappa shape index (κ1) is 12.3. The maximum absolute atomic E-state index is 5.72. The molecular formula is C12H18N4S. The van der Waals surface area contributed by atoms with Crippen molar-refractivity contribution in [1.82, 2.24) is 9.97 Å². The molecule has 0 bridgehead atoms. The summed E-state index contributed by atoms with van der Waals surface area (Å²) in [6, 6.07) is 0. The van der Waals surface area contributed by atoms with Gasteiger partial charge in [-0.25, -0.2) is 9.97 Å². The van der Waals surface area contributed by atoms with Crippen molar-refractivity contribution in [2.45, 2.75) is 20.8 Å². The molecule has 5 heteroatoms. The molecule has 92 valence electrons. The van der Waals surface area contributed by atoms with E-state index in [1.807, 2.05) is 0 Å². The summed E-state index contributed by atoms with van der Waals surface area (Å²) in [5, 5.41) is 5.48. The van der Waals surface area contributed by atoms with Crippen molar-refractivity contribution in [1.29, 1.82) is 0 Å². The molecule has 0 radical (unpaired) electrons. The van der Waals surface area contributed by atoms with Gasteiger partial charge >= 0.3 is 0 Å². The Morgan fingerprint density at radius 2 is 2.18 bits per heavy atom. The van der Waals surface area contributed by atoms with Gasteiger partial charge in [0.15, 0.2) is 0 Å². The van der Waals surface area contributed by atoms with Crippen LogP contribution in [0.2, 0.25) is 0 Å². The monoisotopic (exact) mass is 250 g/mol. The van der Waals surface area contributed by atoms with Crippen LogP contribution >= 0.6 is 11.3 Å². The number of nitrogens with one attached hydrogen (secondary N) is 1. The number of rotatable bonds is 4. The number of nitrogens with two attached hydrogens (primary N) is 1.